The predicted octanol–water partition coefficient (Wildman–Crippen LogP) is -0.298. The van der Waals surface area contributed by atoms with E-state index in [1.54, 1.807) is 6.07 Å². The summed E-state index contributed by atoms with van der Waals surface area (Å²) in [5.74, 6) is 0. The first-order valence-electron chi connectivity index (χ1n) is 5.27. The Bertz CT molecular complexity index is 724. The van der Waals surface area contributed by atoms with Gasteiger partial charge in [-0.25, -0.2) is 4.98 Å². The van der Waals surface area contributed by atoms with Crippen molar-refractivity contribution in [3.8, 4) is 0 Å². The highest BCUT2D eigenvalue weighted by Gasteiger charge is 2.25. The summed E-state index contributed by atoms with van der Waals surface area (Å²) in [6.07, 6.45) is 2.21. The minimum absolute atomic E-state index is 0.174. The number of pyridine rings is 1. The van der Waals surface area contributed by atoms with Crippen LogP contribution >= 0.6 is 0 Å². The van der Waals surface area contributed by atoms with E-state index >= 15 is 0 Å². The molecule has 0 saturated heterocycles. The minimum Gasteiger partial charge on any atom is -0.303 e. The third-order valence-corrected chi connectivity index (χ3v) is 3.04. The second-order valence-corrected chi connectivity index (χ2v) is 4.01. The average molecular weight is 231 g/mol. The van der Waals surface area contributed by atoms with Crippen LogP contribution in [0.3, 0.4) is 0 Å². The van der Waals surface area contributed by atoms with E-state index in [1.165, 1.54) is 21.4 Å². The van der Waals surface area contributed by atoms with Crippen molar-refractivity contribution in [1.29, 1.82) is 0 Å². The largest absolute Gasteiger partial charge is 0.303 e. The lowest BCUT2D eigenvalue weighted by molar-refractivity contribution is -0.108. The molecule has 1 unspecified atom stereocenters. The third kappa shape index (κ3) is 1.27. The fraction of sp³-hybridized carbons (Fsp3) is 0.273. The molecule has 17 heavy (non-hydrogen) atoms. The summed E-state index contributed by atoms with van der Waals surface area (Å²) < 4.78 is 2.98. The first-order valence-corrected chi connectivity index (χ1v) is 5.27. The van der Waals surface area contributed by atoms with E-state index in [4.69, 9.17) is 0 Å². The molecule has 2 aromatic heterocycles. The van der Waals surface area contributed by atoms with Crippen LogP contribution in [0, 0.1) is 0 Å². The fourth-order valence-electron chi connectivity index (χ4n) is 2.32. The maximum absolute atomic E-state index is 11.8. The summed E-state index contributed by atoms with van der Waals surface area (Å²) in [4.78, 5) is 38.1. The zero-order valence-corrected chi connectivity index (χ0v) is 8.87. The molecule has 0 fully saturated rings. The van der Waals surface area contributed by atoms with E-state index in [2.05, 4.69) is 4.98 Å². The smallest absolute Gasteiger partial charge is 0.270 e. The summed E-state index contributed by atoms with van der Waals surface area (Å²) in [6.45, 7) is 0.357. The summed E-state index contributed by atoms with van der Waals surface area (Å²) in [5, 5.41) is 0. The van der Waals surface area contributed by atoms with Gasteiger partial charge in [0.2, 0.25) is 0 Å². The molecule has 0 aliphatic carbocycles. The molecule has 0 radical (unpaired) electrons. The number of hydrogen-bond acceptors (Lipinski definition) is 4. The zero-order chi connectivity index (χ0) is 12.0. The summed E-state index contributed by atoms with van der Waals surface area (Å²) in [6, 6.07) is 2.74. The normalized spacial score (nSPS) is 17.5. The molecule has 3 heterocycles. The molecule has 6 heteroatoms. The highest BCUT2D eigenvalue weighted by molar-refractivity contribution is 5.71. The predicted molar refractivity (Wildman–Crippen MR) is 60.0 cm³/mol. The van der Waals surface area contributed by atoms with Gasteiger partial charge in [-0.3, -0.25) is 18.7 Å². The van der Waals surface area contributed by atoms with Crippen LogP contribution in [0.15, 0.2) is 27.9 Å². The Morgan fingerprint density at radius 2 is 2.18 bits per heavy atom. The van der Waals surface area contributed by atoms with E-state index in [9.17, 15) is 14.4 Å². The number of carbonyl (C=O) groups excluding carboxylic acids is 1. The van der Waals surface area contributed by atoms with Gasteiger partial charge in [-0.1, -0.05) is 0 Å². The van der Waals surface area contributed by atoms with E-state index in [-0.39, 0.29) is 23.6 Å². The van der Waals surface area contributed by atoms with Gasteiger partial charge in [0.05, 0.1) is 12.2 Å². The first kappa shape index (κ1) is 9.95. The molecular weight excluding hydrogens is 222 g/mol. The number of hydrogen-bond donors (Lipinski definition) is 0. The summed E-state index contributed by atoms with van der Waals surface area (Å²) in [7, 11) is 0. The van der Waals surface area contributed by atoms with Crippen LogP contribution in [0.1, 0.15) is 12.5 Å². The number of carbonyl (C=O) groups is 1. The molecule has 0 amide bonds. The van der Waals surface area contributed by atoms with Crippen molar-refractivity contribution in [2.24, 2.45) is 0 Å². The van der Waals surface area contributed by atoms with Crippen LogP contribution in [-0.4, -0.2) is 20.4 Å². The molecule has 2 aromatic rings. The summed E-state index contributed by atoms with van der Waals surface area (Å²) in [5.41, 5.74) is 0.655. The van der Waals surface area contributed by atoms with Gasteiger partial charge in [-0.05, 0) is 6.07 Å². The fourth-order valence-corrected chi connectivity index (χ4v) is 2.32. The highest BCUT2D eigenvalue weighted by Crippen LogP contribution is 2.23. The molecule has 0 saturated carbocycles. The van der Waals surface area contributed by atoms with Gasteiger partial charge < -0.3 is 4.79 Å². The van der Waals surface area contributed by atoms with Crippen LogP contribution in [-0.2, 0) is 11.3 Å². The topological polar surface area (TPSA) is 74.0 Å². The van der Waals surface area contributed by atoms with Crippen LogP contribution in [0.4, 0.5) is 0 Å². The SMILES string of the molecule is O=CCC1Cn2c(=O)ccc3ncc(=O)n1c32. The van der Waals surface area contributed by atoms with E-state index in [0.29, 0.717) is 17.7 Å². The van der Waals surface area contributed by atoms with Gasteiger partial charge in [0.1, 0.15) is 17.5 Å². The van der Waals surface area contributed by atoms with Crippen molar-refractivity contribution >= 4 is 17.5 Å². The second kappa shape index (κ2) is 3.38. The van der Waals surface area contributed by atoms with Crippen LogP contribution in [0.5, 0.6) is 0 Å². The van der Waals surface area contributed by atoms with Gasteiger partial charge in [-0.15, -0.1) is 0 Å². The molecule has 0 spiro atoms. The van der Waals surface area contributed by atoms with Crippen molar-refractivity contribution in [2.75, 3.05) is 0 Å². The molecular formula is C11H9N3O3. The molecule has 0 aromatic carbocycles. The van der Waals surface area contributed by atoms with Gasteiger partial charge in [0.25, 0.3) is 11.1 Å². The Balaban J connectivity index is 2.44. The standard InChI is InChI=1S/C11H9N3O3/c15-4-3-7-6-13-9(16)2-1-8-11(13)14(7)10(17)5-12-8/h1-2,4-5,7H,3,6H2. The Morgan fingerprint density at radius 1 is 1.35 bits per heavy atom. The maximum Gasteiger partial charge on any atom is 0.270 e. The van der Waals surface area contributed by atoms with Crippen LogP contribution in [0.25, 0.3) is 11.2 Å². The van der Waals surface area contributed by atoms with E-state index < -0.39 is 0 Å². The lowest BCUT2D eigenvalue weighted by atomic mass is 10.2. The number of rotatable bonds is 2. The molecule has 0 bridgehead atoms. The minimum atomic E-state index is -0.277. The lowest BCUT2D eigenvalue weighted by Gasteiger charge is -2.08. The first-order chi connectivity index (χ1) is 8.22. The number of aromatic nitrogens is 3. The molecule has 6 nitrogen and oxygen atoms in total. The van der Waals surface area contributed by atoms with Gasteiger partial charge in [0.15, 0.2) is 0 Å². The molecule has 1 aliphatic rings. The molecule has 3 rings (SSSR count). The highest BCUT2D eigenvalue weighted by atomic mass is 16.1. The van der Waals surface area contributed by atoms with E-state index in [0.717, 1.165) is 6.29 Å². The quantitative estimate of drug-likeness (QED) is 0.665. The zero-order valence-electron chi connectivity index (χ0n) is 8.87. The maximum atomic E-state index is 11.8. The van der Waals surface area contributed by atoms with E-state index in [1.807, 2.05) is 0 Å². The number of aldehydes is 1. The van der Waals surface area contributed by atoms with Gasteiger partial charge >= 0.3 is 0 Å². The van der Waals surface area contributed by atoms with Crippen molar-refractivity contribution < 1.29 is 4.79 Å². The Hall–Kier alpha value is -2.24. The molecule has 86 valence electrons. The number of nitrogens with zero attached hydrogens (tertiary/aromatic N) is 3. The molecule has 1 atom stereocenters. The average Bonchev–Trinajstić information content (AvgIpc) is 2.69. The second-order valence-electron chi connectivity index (χ2n) is 4.01. The van der Waals surface area contributed by atoms with Crippen LogP contribution in [0.2, 0.25) is 0 Å². The Labute approximate surface area is 95.1 Å². The van der Waals surface area contributed by atoms with Gasteiger partial charge in [-0.2, -0.15) is 0 Å². The van der Waals surface area contributed by atoms with Crippen LogP contribution < -0.4 is 11.1 Å². The van der Waals surface area contributed by atoms with Crippen molar-refractivity contribution in [3.63, 3.8) is 0 Å². The van der Waals surface area contributed by atoms with Gasteiger partial charge in [0, 0.05) is 19.0 Å². The Morgan fingerprint density at radius 3 is 2.94 bits per heavy atom. The van der Waals surface area contributed by atoms with Crippen molar-refractivity contribution in [1.82, 2.24) is 14.1 Å². The Kier molecular flexibility index (Phi) is 1.98. The monoisotopic (exact) mass is 231 g/mol. The summed E-state index contributed by atoms with van der Waals surface area (Å²) >= 11 is 0. The third-order valence-electron chi connectivity index (χ3n) is 3.04. The van der Waals surface area contributed by atoms with Crippen molar-refractivity contribution in [3.05, 3.63) is 39.0 Å². The lowest BCUT2D eigenvalue weighted by Crippen LogP contribution is -2.22. The molecule has 0 N–H and O–H groups in total. The van der Waals surface area contributed by atoms with Crippen molar-refractivity contribution in [2.45, 2.75) is 19.0 Å². The molecule has 1 aliphatic heterocycles.